The molecule has 0 radical (unpaired) electrons. The third-order valence-electron chi connectivity index (χ3n) is 4.57. The molecule has 3 rings (SSSR count). The lowest BCUT2D eigenvalue weighted by Gasteiger charge is -2.14. The Labute approximate surface area is 212 Å². The van der Waals surface area contributed by atoms with Crippen molar-refractivity contribution in [1.82, 2.24) is 0 Å². The number of nitro benzene ring substituents is 1. The van der Waals surface area contributed by atoms with Gasteiger partial charge in [-0.1, -0.05) is 40.2 Å². The third-order valence-corrected chi connectivity index (χ3v) is 5.69. The molecular weight excluding hydrogens is 570 g/mol. The Morgan fingerprint density at radius 2 is 1.88 bits per heavy atom. The Balaban J connectivity index is 1.84. The van der Waals surface area contributed by atoms with Gasteiger partial charge in [-0.2, -0.15) is 5.26 Å². The van der Waals surface area contributed by atoms with Crippen LogP contribution in [0.15, 0.2) is 75.2 Å². The van der Waals surface area contributed by atoms with Crippen LogP contribution in [-0.4, -0.2) is 17.9 Å². The number of hydrogen-bond acceptors (Lipinski definition) is 6. The van der Waals surface area contributed by atoms with Crippen LogP contribution in [0.4, 0.5) is 11.4 Å². The van der Waals surface area contributed by atoms with Crippen molar-refractivity contribution in [3.8, 4) is 17.6 Å². The normalized spacial score (nSPS) is 10.8. The number of carbonyl (C=O) groups is 1. The molecule has 0 heterocycles. The molecule has 0 saturated heterocycles. The summed E-state index contributed by atoms with van der Waals surface area (Å²) in [7, 11) is 1.48. The molecule has 3 aromatic rings. The molecule has 3 aromatic carbocycles. The predicted molar refractivity (Wildman–Crippen MR) is 134 cm³/mol. The first-order valence-corrected chi connectivity index (χ1v) is 11.3. The van der Waals surface area contributed by atoms with E-state index in [2.05, 4.69) is 37.2 Å². The number of benzene rings is 3. The van der Waals surface area contributed by atoms with E-state index in [-0.39, 0.29) is 16.9 Å². The van der Waals surface area contributed by atoms with E-state index in [0.717, 1.165) is 10.0 Å². The van der Waals surface area contributed by atoms with E-state index in [1.165, 1.54) is 31.4 Å². The minimum atomic E-state index is -0.776. The van der Waals surface area contributed by atoms with Gasteiger partial charge in [0.15, 0.2) is 11.5 Å². The molecule has 0 aromatic heterocycles. The molecule has 0 unspecified atom stereocenters. The Bertz CT molecular complexity index is 1300. The van der Waals surface area contributed by atoms with Crippen LogP contribution in [0.2, 0.25) is 0 Å². The van der Waals surface area contributed by atoms with Crippen LogP contribution >= 0.6 is 31.9 Å². The predicted octanol–water partition coefficient (Wildman–Crippen LogP) is 6.25. The quantitative estimate of drug-likeness (QED) is 0.144. The summed E-state index contributed by atoms with van der Waals surface area (Å²) in [6, 6.07) is 18.5. The van der Waals surface area contributed by atoms with Gasteiger partial charge in [0.25, 0.3) is 11.6 Å². The number of ether oxygens (including phenoxy) is 2. The summed E-state index contributed by atoms with van der Waals surface area (Å²) in [6.45, 7) is 0.305. The number of nitriles is 1. The molecule has 0 spiro atoms. The summed E-state index contributed by atoms with van der Waals surface area (Å²) >= 11 is 6.84. The lowest BCUT2D eigenvalue weighted by molar-refractivity contribution is -0.383. The van der Waals surface area contributed by atoms with E-state index in [4.69, 9.17) is 9.47 Å². The second-order valence-corrected chi connectivity index (χ2v) is 8.62. The number of methoxy groups -OCH3 is 1. The van der Waals surface area contributed by atoms with E-state index in [9.17, 15) is 20.2 Å². The second kappa shape index (κ2) is 11.4. The fraction of sp³-hybridized carbons (Fsp3) is 0.0833. The fourth-order valence-corrected chi connectivity index (χ4v) is 3.78. The zero-order valence-electron chi connectivity index (χ0n) is 17.7. The van der Waals surface area contributed by atoms with Crippen molar-refractivity contribution >= 4 is 55.2 Å². The van der Waals surface area contributed by atoms with Crippen LogP contribution in [0.5, 0.6) is 11.5 Å². The van der Waals surface area contributed by atoms with Crippen LogP contribution in [0.3, 0.4) is 0 Å². The van der Waals surface area contributed by atoms with Gasteiger partial charge in [-0.05, 0) is 63.5 Å². The van der Waals surface area contributed by atoms with Gasteiger partial charge in [-0.15, -0.1) is 0 Å². The monoisotopic (exact) mass is 585 g/mol. The van der Waals surface area contributed by atoms with Gasteiger partial charge >= 0.3 is 0 Å². The van der Waals surface area contributed by atoms with E-state index >= 15 is 0 Å². The first-order chi connectivity index (χ1) is 16.3. The minimum Gasteiger partial charge on any atom is -0.493 e. The van der Waals surface area contributed by atoms with Gasteiger partial charge < -0.3 is 14.8 Å². The molecule has 34 heavy (non-hydrogen) atoms. The van der Waals surface area contributed by atoms with Crippen molar-refractivity contribution < 1.29 is 19.2 Å². The molecule has 0 bridgehead atoms. The van der Waals surface area contributed by atoms with Crippen molar-refractivity contribution in [1.29, 1.82) is 5.26 Å². The van der Waals surface area contributed by atoms with Gasteiger partial charge in [0, 0.05) is 10.5 Å². The van der Waals surface area contributed by atoms with Gasteiger partial charge in [0.1, 0.15) is 23.9 Å². The highest BCUT2D eigenvalue weighted by atomic mass is 79.9. The summed E-state index contributed by atoms with van der Waals surface area (Å²) in [5, 5.41) is 23.1. The standard InChI is InChI=1S/C24H17Br2N3O5/c1-33-22-12-16(11-19(26)23(22)34-14-15-6-8-18(25)9-7-15)10-17(13-27)24(30)28-20-4-2-3-5-21(20)29(31)32/h2-12H,14H2,1H3,(H,28,30). The lowest BCUT2D eigenvalue weighted by Crippen LogP contribution is -2.14. The highest BCUT2D eigenvalue weighted by Crippen LogP contribution is 2.38. The molecule has 1 N–H and O–H groups in total. The SMILES string of the molecule is COc1cc(C=C(C#N)C(=O)Nc2ccccc2[N+](=O)[O-])cc(Br)c1OCc1ccc(Br)cc1. The molecular formula is C24H17Br2N3O5. The van der Waals surface area contributed by atoms with Crippen molar-refractivity contribution in [3.63, 3.8) is 0 Å². The van der Waals surface area contributed by atoms with Crippen molar-refractivity contribution in [2.75, 3.05) is 12.4 Å². The van der Waals surface area contributed by atoms with Gasteiger partial charge in [-0.25, -0.2) is 0 Å². The van der Waals surface area contributed by atoms with E-state index < -0.39 is 10.8 Å². The van der Waals surface area contributed by atoms with Crippen LogP contribution in [0.1, 0.15) is 11.1 Å². The van der Waals surface area contributed by atoms with Crippen LogP contribution in [-0.2, 0) is 11.4 Å². The maximum atomic E-state index is 12.6. The first-order valence-electron chi connectivity index (χ1n) is 9.73. The van der Waals surface area contributed by atoms with Gasteiger partial charge in [0.2, 0.25) is 0 Å². The number of amides is 1. The summed E-state index contributed by atoms with van der Waals surface area (Å²) in [5.74, 6) is 0.0852. The highest BCUT2D eigenvalue weighted by molar-refractivity contribution is 9.10. The molecule has 8 nitrogen and oxygen atoms in total. The van der Waals surface area contributed by atoms with Crippen molar-refractivity contribution in [2.45, 2.75) is 6.61 Å². The number of halogens is 2. The molecule has 1 amide bonds. The summed E-state index contributed by atoms with van der Waals surface area (Å²) in [6.07, 6.45) is 1.36. The summed E-state index contributed by atoms with van der Waals surface area (Å²) < 4.78 is 12.9. The lowest BCUT2D eigenvalue weighted by atomic mass is 10.1. The highest BCUT2D eigenvalue weighted by Gasteiger charge is 2.18. The number of nitrogens with zero attached hydrogens (tertiary/aromatic N) is 2. The number of nitro groups is 1. The summed E-state index contributed by atoms with van der Waals surface area (Å²) in [5.41, 5.74) is 0.933. The van der Waals surface area contributed by atoms with E-state index in [1.807, 2.05) is 30.3 Å². The Morgan fingerprint density at radius 1 is 1.18 bits per heavy atom. The Morgan fingerprint density at radius 3 is 2.53 bits per heavy atom. The van der Waals surface area contributed by atoms with Crippen LogP contribution < -0.4 is 14.8 Å². The number of para-hydroxylation sites is 2. The third kappa shape index (κ3) is 6.21. The largest absolute Gasteiger partial charge is 0.493 e. The van der Waals surface area contributed by atoms with Gasteiger partial charge in [0.05, 0.1) is 16.5 Å². The van der Waals surface area contributed by atoms with E-state index in [1.54, 1.807) is 18.2 Å². The number of rotatable bonds is 8. The Kier molecular flexibility index (Phi) is 8.40. The smallest absolute Gasteiger partial charge is 0.292 e. The molecule has 0 aliphatic heterocycles. The number of anilines is 1. The zero-order valence-corrected chi connectivity index (χ0v) is 20.9. The number of nitrogens with one attached hydrogen (secondary N) is 1. The molecule has 0 atom stereocenters. The molecule has 0 aliphatic carbocycles. The molecule has 10 heteroatoms. The number of hydrogen-bond donors (Lipinski definition) is 1. The van der Waals surface area contributed by atoms with Crippen molar-refractivity contribution in [2.24, 2.45) is 0 Å². The maximum absolute atomic E-state index is 12.6. The maximum Gasteiger partial charge on any atom is 0.292 e. The van der Waals surface area contributed by atoms with Crippen molar-refractivity contribution in [3.05, 3.63) is 96.4 Å². The average Bonchev–Trinajstić information content (AvgIpc) is 2.82. The minimum absolute atomic E-state index is 0.00546. The second-order valence-electron chi connectivity index (χ2n) is 6.85. The van der Waals surface area contributed by atoms with E-state index in [0.29, 0.717) is 28.1 Å². The zero-order chi connectivity index (χ0) is 24.7. The van der Waals surface area contributed by atoms with Gasteiger partial charge in [-0.3, -0.25) is 14.9 Å². The number of carbonyl (C=O) groups excluding carboxylic acids is 1. The molecule has 0 fully saturated rings. The first kappa shape index (κ1) is 25.0. The molecule has 172 valence electrons. The summed E-state index contributed by atoms with van der Waals surface area (Å²) in [4.78, 5) is 23.2. The average molecular weight is 587 g/mol. The van der Waals surface area contributed by atoms with Crippen LogP contribution in [0.25, 0.3) is 6.08 Å². The molecule has 0 saturated carbocycles. The topological polar surface area (TPSA) is 114 Å². The fourth-order valence-electron chi connectivity index (χ4n) is 2.94. The van der Waals surface area contributed by atoms with Crippen LogP contribution in [0, 0.1) is 21.4 Å². The molecule has 0 aliphatic rings. The Hall–Kier alpha value is -3.68.